The van der Waals surface area contributed by atoms with Crippen LogP contribution >= 0.6 is 0 Å². The molecule has 3 amide bonds. The van der Waals surface area contributed by atoms with E-state index in [1.54, 1.807) is 41.5 Å². The van der Waals surface area contributed by atoms with Gasteiger partial charge < -0.3 is 36.9 Å². The lowest BCUT2D eigenvalue weighted by Gasteiger charge is -2.28. The Morgan fingerprint density at radius 3 is 1.88 bits per heavy atom. The molecule has 0 aliphatic heterocycles. The number of nitrogens with zero attached hydrogens (tertiary/aromatic N) is 1. The minimum absolute atomic E-state index is 0.0750. The van der Waals surface area contributed by atoms with Gasteiger partial charge in [-0.25, -0.2) is 9.59 Å². The molecule has 0 unspecified atom stereocenters. The molecular formula is C30H50N6O6. The van der Waals surface area contributed by atoms with Crippen LogP contribution in [0.4, 0.5) is 4.79 Å². The first kappa shape index (κ1) is 36.2. The topological polar surface area (TPSA) is 187 Å². The highest BCUT2D eigenvalue weighted by Gasteiger charge is 2.32. The normalized spacial score (nSPS) is 13.7. The summed E-state index contributed by atoms with van der Waals surface area (Å²) >= 11 is 0. The SMILES string of the molecule is CC(C)C[C@H](NC(=O)[C@H](CCCN=C(N)N)NC(=O)[C@H](Cc1ccccc1)NC(=O)OC(C)(C)C)C(=O)OC(C)(C)C. The Labute approximate surface area is 249 Å². The number of benzene rings is 1. The average Bonchev–Trinajstić information content (AvgIpc) is 2.82. The number of hydrogen-bond acceptors (Lipinski definition) is 7. The molecule has 0 fully saturated rings. The summed E-state index contributed by atoms with van der Waals surface area (Å²) in [5.41, 5.74) is 10.1. The predicted octanol–water partition coefficient (Wildman–Crippen LogP) is 2.53. The number of carbonyl (C=O) groups excluding carboxylic acids is 4. The van der Waals surface area contributed by atoms with E-state index in [1.165, 1.54) is 0 Å². The predicted molar refractivity (Wildman–Crippen MR) is 162 cm³/mol. The third kappa shape index (κ3) is 15.8. The van der Waals surface area contributed by atoms with E-state index in [0.717, 1.165) is 5.56 Å². The van der Waals surface area contributed by atoms with Gasteiger partial charge >= 0.3 is 12.1 Å². The first-order valence-corrected chi connectivity index (χ1v) is 14.3. The number of nitrogens with one attached hydrogen (secondary N) is 3. The summed E-state index contributed by atoms with van der Waals surface area (Å²) in [7, 11) is 0. The number of hydrogen-bond donors (Lipinski definition) is 5. The fraction of sp³-hybridized carbons (Fsp3) is 0.633. The van der Waals surface area contributed by atoms with Gasteiger partial charge in [0.2, 0.25) is 11.8 Å². The van der Waals surface area contributed by atoms with Gasteiger partial charge in [-0.05, 0) is 72.3 Å². The van der Waals surface area contributed by atoms with Crippen LogP contribution in [0.15, 0.2) is 35.3 Å². The molecule has 0 saturated heterocycles. The van der Waals surface area contributed by atoms with Crippen LogP contribution in [0.3, 0.4) is 0 Å². The van der Waals surface area contributed by atoms with E-state index >= 15 is 0 Å². The molecule has 7 N–H and O–H groups in total. The first-order valence-electron chi connectivity index (χ1n) is 14.3. The van der Waals surface area contributed by atoms with Gasteiger partial charge in [-0.2, -0.15) is 0 Å². The summed E-state index contributed by atoms with van der Waals surface area (Å²) in [6.07, 6.45) is 0.255. The maximum absolute atomic E-state index is 13.6. The summed E-state index contributed by atoms with van der Waals surface area (Å²) in [5.74, 6) is -1.74. The Hall–Kier alpha value is -3.83. The van der Waals surface area contributed by atoms with E-state index in [9.17, 15) is 19.2 Å². The van der Waals surface area contributed by atoms with Crippen molar-refractivity contribution in [2.45, 2.75) is 110 Å². The third-order valence-electron chi connectivity index (χ3n) is 5.58. The van der Waals surface area contributed by atoms with E-state index in [1.807, 2.05) is 44.2 Å². The molecule has 0 aliphatic rings. The number of esters is 1. The molecule has 0 aromatic heterocycles. The zero-order chi connectivity index (χ0) is 32.1. The van der Waals surface area contributed by atoms with Gasteiger partial charge in [0.05, 0.1) is 0 Å². The summed E-state index contributed by atoms with van der Waals surface area (Å²) in [6.45, 7) is 14.5. The number of carbonyl (C=O) groups is 4. The fourth-order valence-electron chi connectivity index (χ4n) is 3.88. The van der Waals surface area contributed by atoms with Crippen LogP contribution in [0.25, 0.3) is 0 Å². The summed E-state index contributed by atoms with van der Waals surface area (Å²) in [4.78, 5) is 56.6. The molecule has 0 heterocycles. The monoisotopic (exact) mass is 590 g/mol. The van der Waals surface area contributed by atoms with Crippen molar-refractivity contribution >= 4 is 29.8 Å². The molecule has 0 saturated carbocycles. The second-order valence-corrected chi connectivity index (χ2v) is 12.6. The van der Waals surface area contributed by atoms with Gasteiger partial charge in [-0.3, -0.25) is 14.6 Å². The average molecular weight is 591 g/mol. The van der Waals surface area contributed by atoms with Crippen LogP contribution in [0.5, 0.6) is 0 Å². The summed E-state index contributed by atoms with van der Waals surface area (Å²) < 4.78 is 10.9. The van der Waals surface area contributed by atoms with Crippen LogP contribution in [0.1, 0.15) is 80.2 Å². The maximum Gasteiger partial charge on any atom is 0.408 e. The van der Waals surface area contributed by atoms with Crippen molar-refractivity contribution in [2.24, 2.45) is 22.4 Å². The minimum atomic E-state index is -1.05. The van der Waals surface area contributed by atoms with Gasteiger partial charge in [0.1, 0.15) is 29.3 Å². The maximum atomic E-state index is 13.6. The van der Waals surface area contributed by atoms with Crippen LogP contribution in [-0.2, 0) is 30.3 Å². The van der Waals surface area contributed by atoms with E-state index in [2.05, 4.69) is 20.9 Å². The van der Waals surface area contributed by atoms with E-state index < -0.39 is 53.2 Å². The second kappa shape index (κ2) is 16.6. The van der Waals surface area contributed by atoms with Crippen molar-refractivity contribution in [2.75, 3.05) is 6.54 Å². The molecule has 12 nitrogen and oxygen atoms in total. The number of ether oxygens (including phenoxy) is 2. The van der Waals surface area contributed by atoms with Gasteiger partial charge in [0.25, 0.3) is 0 Å². The van der Waals surface area contributed by atoms with Crippen LogP contribution in [0.2, 0.25) is 0 Å². The fourth-order valence-corrected chi connectivity index (χ4v) is 3.88. The Morgan fingerprint density at radius 2 is 1.36 bits per heavy atom. The van der Waals surface area contributed by atoms with Gasteiger partial charge in [0, 0.05) is 13.0 Å². The molecule has 0 bridgehead atoms. The van der Waals surface area contributed by atoms with Crippen LogP contribution in [-0.4, -0.2) is 65.7 Å². The molecule has 236 valence electrons. The van der Waals surface area contributed by atoms with E-state index in [0.29, 0.717) is 12.8 Å². The van der Waals surface area contributed by atoms with Crippen molar-refractivity contribution in [1.29, 1.82) is 0 Å². The number of rotatable bonds is 14. The molecule has 1 aromatic rings. The number of amides is 3. The van der Waals surface area contributed by atoms with Gasteiger partial charge in [-0.1, -0.05) is 44.2 Å². The lowest BCUT2D eigenvalue weighted by Crippen LogP contribution is -2.57. The van der Waals surface area contributed by atoms with Crippen LogP contribution < -0.4 is 27.4 Å². The molecule has 0 radical (unpaired) electrons. The smallest absolute Gasteiger partial charge is 0.408 e. The quantitative estimate of drug-likeness (QED) is 0.0946. The number of nitrogens with two attached hydrogens (primary N) is 2. The molecule has 0 aliphatic carbocycles. The molecular weight excluding hydrogens is 540 g/mol. The zero-order valence-electron chi connectivity index (χ0n) is 26.3. The number of aliphatic imine (C=N–C) groups is 1. The van der Waals surface area contributed by atoms with Crippen molar-refractivity contribution in [3.8, 4) is 0 Å². The second-order valence-electron chi connectivity index (χ2n) is 12.6. The Morgan fingerprint density at radius 1 is 0.810 bits per heavy atom. The molecule has 3 atom stereocenters. The molecule has 12 heteroatoms. The number of alkyl carbamates (subject to hydrolysis) is 1. The van der Waals surface area contributed by atoms with Gasteiger partial charge in [0.15, 0.2) is 5.96 Å². The Kier molecular flexibility index (Phi) is 14.3. The summed E-state index contributed by atoms with van der Waals surface area (Å²) in [5, 5.41) is 8.14. The van der Waals surface area contributed by atoms with Crippen LogP contribution in [0, 0.1) is 5.92 Å². The first-order chi connectivity index (χ1) is 19.4. The van der Waals surface area contributed by atoms with E-state index in [4.69, 9.17) is 20.9 Å². The molecule has 1 aromatic carbocycles. The zero-order valence-corrected chi connectivity index (χ0v) is 26.3. The standard InChI is InChI=1S/C30H50N6O6/c1-19(2)17-23(26(39)41-29(3,4)5)35-24(37)21(15-12-16-33-27(31)32)34-25(38)22(18-20-13-10-9-11-14-20)36-28(40)42-30(6,7)8/h9-11,13-14,19,21-23H,12,15-18H2,1-8H3,(H,34,38)(H,35,37)(H,36,40)(H4,31,32,33)/t21-,22-,23-/m0/s1. The Bertz CT molecular complexity index is 1060. The molecule has 0 spiro atoms. The molecule has 42 heavy (non-hydrogen) atoms. The van der Waals surface area contributed by atoms with Gasteiger partial charge in [-0.15, -0.1) is 0 Å². The third-order valence-corrected chi connectivity index (χ3v) is 5.58. The molecule has 1 rings (SSSR count). The van der Waals surface area contributed by atoms with Crippen molar-refractivity contribution in [3.63, 3.8) is 0 Å². The van der Waals surface area contributed by atoms with Crippen molar-refractivity contribution in [3.05, 3.63) is 35.9 Å². The Balaban J connectivity index is 3.23. The number of guanidine groups is 1. The minimum Gasteiger partial charge on any atom is -0.458 e. The summed E-state index contributed by atoms with van der Waals surface area (Å²) in [6, 6.07) is 6.12. The highest BCUT2D eigenvalue weighted by atomic mass is 16.6. The lowest BCUT2D eigenvalue weighted by atomic mass is 10.0. The largest absolute Gasteiger partial charge is 0.458 e. The van der Waals surface area contributed by atoms with Crippen molar-refractivity contribution < 1.29 is 28.7 Å². The lowest BCUT2D eigenvalue weighted by molar-refractivity contribution is -0.159. The highest BCUT2D eigenvalue weighted by molar-refractivity contribution is 5.93. The van der Waals surface area contributed by atoms with Crippen molar-refractivity contribution in [1.82, 2.24) is 16.0 Å². The highest BCUT2D eigenvalue weighted by Crippen LogP contribution is 2.14. The van der Waals surface area contributed by atoms with E-state index in [-0.39, 0.29) is 31.3 Å².